The second kappa shape index (κ2) is 7.91. The van der Waals surface area contributed by atoms with Crippen molar-refractivity contribution in [3.63, 3.8) is 0 Å². The second-order valence-corrected chi connectivity index (χ2v) is 6.31. The smallest absolute Gasteiger partial charge is 0.336 e. The molecule has 0 radical (unpaired) electrons. The SMILES string of the molecule is Cc1cc(C(=O)O)c(CCc2cc(C(=O)O)ccc2C(=O)O)c(C)c1C(=O)O. The van der Waals surface area contributed by atoms with Gasteiger partial charge in [0, 0.05) is 0 Å². The maximum Gasteiger partial charge on any atom is 0.336 e. The summed E-state index contributed by atoms with van der Waals surface area (Å²) in [5, 5.41) is 37.3. The molecule has 4 N–H and O–H groups in total. The molecular weight excluding hydrogens is 368 g/mol. The number of carboxylic acid groups (broad SMARTS) is 4. The molecule has 2 aromatic rings. The first-order chi connectivity index (χ1) is 13.0. The Morgan fingerprint density at radius 2 is 1.36 bits per heavy atom. The Morgan fingerprint density at radius 3 is 1.86 bits per heavy atom. The third-order valence-electron chi connectivity index (χ3n) is 4.58. The molecule has 0 aliphatic rings. The first-order valence-corrected chi connectivity index (χ1v) is 8.23. The van der Waals surface area contributed by atoms with E-state index in [-0.39, 0.29) is 51.8 Å². The summed E-state index contributed by atoms with van der Waals surface area (Å²) in [6, 6.07) is 4.87. The molecular formula is C20H18O8. The lowest BCUT2D eigenvalue weighted by Gasteiger charge is -2.16. The van der Waals surface area contributed by atoms with Gasteiger partial charge >= 0.3 is 23.9 Å². The lowest BCUT2D eigenvalue weighted by molar-refractivity contribution is 0.0678. The highest BCUT2D eigenvalue weighted by molar-refractivity contribution is 5.96. The molecule has 0 bridgehead atoms. The fraction of sp³-hybridized carbons (Fsp3) is 0.200. The number of hydrogen-bond donors (Lipinski definition) is 4. The summed E-state index contributed by atoms with van der Waals surface area (Å²) in [5.74, 6) is -4.87. The minimum atomic E-state index is -1.24. The zero-order valence-electron chi connectivity index (χ0n) is 15.1. The van der Waals surface area contributed by atoms with Crippen molar-refractivity contribution >= 4 is 23.9 Å². The van der Waals surface area contributed by atoms with Crippen LogP contribution in [0.15, 0.2) is 24.3 Å². The minimum Gasteiger partial charge on any atom is -0.478 e. The highest BCUT2D eigenvalue weighted by Gasteiger charge is 2.22. The highest BCUT2D eigenvalue weighted by Crippen LogP contribution is 2.25. The number of carboxylic acids is 4. The van der Waals surface area contributed by atoms with Gasteiger partial charge in [-0.1, -0.05) is 0 Å². The molecule has 0 aromatic heterocycles. The first kappa shape index (κ1) is 20.6. The predicted octanol–water partition coefficient (Wildman–Crippen LogP) is 2.88. The zero-order chi connectivity index (χ0) is 21.2. The number of rotatable bonds is 7. The summed E-state index contributed by atoms with van der Waals surface area (Å²) in [4.78, 5) is 45.7. The van der Waals surface area contributed by atoms with Crippen molar-refractivity contribution in [2.75, 3.05) is 0 Å². The summed E-state index contributed by atoms with van der Waals surface area (Å²) in [7, 11) is 0. The molecule has 0 saturated heterocycles. The van der Waals surface area contributed by atoms with Crippen molar-refractivity contribution in [1.29, 1.82) is 0 Å². The van der Waals surface area contributed by atoms with Gasteiger partial charge in [-0.2, -0.15) is 0 Å². The van der Waals surface area contributed by atoms with E-state index in [1.54, 1.807) is 0 Å². The summed E-state index contributed by atoms with van der Waals surface area (Å²) < 4.78 is 0. The molecule has 0 unspecified atom stereocenters. The summed E-state index contributed by atoms with van der Waals surface area (Å²) in [6.07, 6.45) is 0.0728. The normalized spacial score (nSPS) is 10.5. The van der Waals surface area contributed by atoms with Gasteiger partial charge < -0.3 is 20.4 Å². The fourth-order valence-electron chi connectivity index (χ4n) is 3.27. The molecule has 2 rings (SSSR count). The number of carbonyl (C=O) groups is 4. The monoisotopic (exact) mass is 386 g/mol. The number of benzene rings is 2. The maximum absolute atomic E-state index is 11.6. The molecule has 0 saturated carbocycles. The Hall–Kier alpha value is -3.68. The van der Waals surface area contributed by atoms with Gasteiger partial charge in [0.25, 0.3) is 0 Å². The van der Waals surface area contributed by atoms with E-state index in [9.17, 15) is 34.5 Å². The van der Waals surface area contributed by atoms with Crippen LogP contribution in [0.1, 0.15) is 63.7 Å². The maximum atomic E-state index is 11.6. The summed E-state index contributed by atoms with van der Waals surface area (Å²) >= 11 is 0. The average Bonchev–Trinajstić information content (AvgIpc) is 2.59. The molecule has 0 aliphatic heterocycles. The second-order valence-electron chi connectivity index (χ2n) is 6.31. The van der Waals surface area contributed by atoms with Crippen LogP contribution in [0.3, 0.4) is 0 Å². The fourth-order valence-corrected chi connectivity index (χ4v) is 3.27. The summed E-state index contributed by atoms with van der Waals surface area (Å²) in [6.45, 7) is 3.01. The number of hydrogen-bond acceptors (Lipinski definition) is 4. The quantitative estimate of drug-likeness (QED) is 0.567. The van der Waals surface area contributed by atoms with Crippen LogP contribution in [0.2, 0.25) is 0 Å². The van der Waals surface area contributed by atoms with Crippen molar-refractivity contribution in [2.24, 2.45) is 0 Å². The number of aryl methyl sites for hydroxylation is 2. The van der Waals surface area contributed by atoms with Crippen molar-refractivity contribution in [2.45, 2.75) is 26.7 Å². The van der Waals surface area contributed by atoms with Crippen molar-refractivity contribution < 1.29 is 39.6 Å². The zero-order valence-corrected chi connectivity index (χ0v) is 15.1. The molecule has 2 aromatic carbocycles. The van der Waals surface area contributed by atoms with Crippen molar-refractivity contribution in [3.8, 4) is 0 Å². The van der Waals surface area contributed by atoms with E-state index in [1.165, 1.54) is 38.1 Å². The molecule has 28 heavy (non-hydrogen) atoms. The Morgan fingerprint density at radius 1 is 0.750 bits per heavy atom. The van der Waals surface area contributed by atoms with Gasteiger partial charge in [0.1, 0.15) is 0 Å². The first-order valence-electron chi connectivity index (χ1n) is 8.23. The van der Waals surface area contributed by atoms with Gasteiger partial charge in [0.05, 0.1) is 22.3 Å². The standard InChI is InChI=1S/C20H18O8/c1-9-7-15(19(25)26)13(10(2)16(9)20(27)28)5-3-11-8-12(17(21)22)4-6-14(11)18(23)24/h4,6-8H,3,5H2,1-2H3,(H,21,22)(H,23,24)(H,25,26)(H,27,28). The predicted molar refractivity (Wildman–Crippen MR) is 97.6 cm³/mol. The van der Waals surface area contributed by atoms with Gasteiger partial charge in [-0.05, 0) is 73.2 Å². The molecule has 0 amide bonds. The third kappa shape index (κ3) is 4.01. The Labute approximate surface area is 159 Å². The van der Waals surface area contributed by atoms with E-state index in [2.05, 4.69) is 0 Å². The average molecular weight is 386 g/mol. The van der Waals surface area contributed by atoms with Gasteiger partial charge in [0.15, 0.2) is 0 Å². The molecule has 0 spiro atoms. The van der Waals surface area contributed by atoms with Gasteiger partial charge in [-0.15, -0.1) is 0 Å². The lowest BCUT2D eigenvalue weighted by Crippen LogP contribution is -2.14. The van der Waals surface area contributed by atoms with Gasteiger partial charge in [0.2, 0.25) is 0 Å². The Kier molecular flexibility index (Phi) is 5.83. The molecule has 8 heteroatoms. The minimum absolute atomic E-state index is 0.00209. The largest absolute Gasteiger partial charge is 0.478 e. The Bertz CT molecular complexity index is 1000. The van der Waals surface area contributed by atoms with E-state index >= 15 is 0 Å². The van der Waals surface area contributed by atoms with Crippen LogP contribution in [0, 0.1) is 13.8 Å². The molecule has 0 aliphatic carbocycles. The van der Waals surface area contributed by atoms with Gasteiger partial charge in [-0.25, -0.2) is 19.2 Å². The van der Waals surface area contributed by atoms with Crippen LogP contribution in [-0.2, 0) is 12.8 Å². The van der Waals surface area contributed by atoms with Crippen LogP contribution in [0.5, 0.6) is 0 Å². The van der Waals surface area contributed by atoms with Crippen LogP contribution in [-0.4, -0.2) is 44.3 Å². The molecule has 0 fully saturated rings. The lowest BCUT2D eigenvalue weighted by atomic mass is 9.88. The molecule has 0 atom stereocenters. The molecule has 8 nitrogen and oxygen atoms in total. The van der Waals surface area contributed by atoms with E-state index in [0.29, 0.717) is 5.56 Å². The number of aromatic carboxylic acids is 4. The van der Waals surface area contributed by atoms with Crippen LogP contribution >= 0.6 is 0 Å². The summed E-state index contributed by atoms with van der Waals surface area (Å²) in [5.41, 5.74) is 0.842. The Balaban J connectivity index is 2.55. The highest BCUT2D eigenvalue weighted by atomic mass is 16.4. The molecule has 0 heterocycles. The van der Waals surface area contributed by atoms with Crippen molar-refractivity contribution in [3.05, 3.63) is 68.8 Å². The van der Waals surface area contributed by atoms with Crippen LogP contribution < -0.4 is 0 Å². The van der Waals surface area contributed by atoms with E-state index in [4.69, 9.17) is 5.11 Å². The third-order valence-corrected chi connectivity index (χ3v) is 4.58. The van der Waals surface area contributed by atoms with E-state index in [1.807, 2.05) is 0 Å². The topological polar surface area (TPSA) is 149 Å². The van der Waals surface area contributed by atoms with Crippen LogP contribution in [0.4, 0.5) is 0 Å². The van der Waals surface area contributed by atoms with Crippen molar-refractivity contribution in [1.82, 2.24) is 0 Å². The van der Waals surface area contributed by atoms with E-state index in [0.717, 1.165) is 0 Å². The van der Waals surface area contributed by atoms with E-state index < -0.39 is 23.9 Å². The van der Waals surface area contributed by atoms with Crippen LogP contribution in [0.25, 0.3) is 0 Å². The molecule has 146 valence electrons. The van der Waals surface area contributed by atoms with Gasteiger partial charge in [-0.3, -0.25) is 0 Å².